The second kappa shape index (κ2) is 12.0. The number of halogens is 3. The lowest BCUT2D eigenvalue weighted by Crippen LogP contribution is -2.38. The number of para-hydroxylation sites is 1. The normalized spacial score (nSPS) is 14.3. The molecule has 5 rings (SSSR count). The summed E-state index contributed by atoms with van der Waals surface area (Å²) < 4.78 is 43.8. The molecule has 2 aromatic carbocycles. The molecule has 41 heavy (non-hydrogen) atoms. The molecule has 1 saturated heterocycles. The van der Waals surface area contributed by atoms with Crippen molar-refractivity contribution in [3.05, 3.63) is 90.1 Å². The van der Waals surface area contributed by atoms with Gasteiger partial charge in [0.15, 0.2) is 5.69 Å². The number of aromatic nitrogens is 4. The van der Waals surface area contributed by atoms with E-state index in [1.807, 2.05) is 48.6 Å². The molecule has 0 saturated carbocycles. The molecule has 0 unspecified atom stereocenters. The molecular formula is C30H31F3N6O2. The number of piperidine rings is 1. The number of nitrogens with one attached hydrogen (secondary N) is 1. The van der Waals surface area contributed by atoms with Gasteiger partial charge in [-0.15, -0.1) is 0 Å². The van der Waals surface area contributed by atoms with Crippen LogP contribution in [-0.2, 0) is 18.0 Å². The smallest absolute Gasteiger partial charge is 0.352 e. The van der Waals surface area contributed by atoms with Gasteiger partial charge in [0.1, 0.15) is 0 Å². The van der Waals surface area contributed by atoms with E-state index in [4.69, 9.17) is 0 Å². The van der Waals surface area contributed by atoms with Gasteiger partial charge in [0.25, 0.3) is 5.91 Å². The Hall–Kier alpha value is -4.41. The quantitative estimate of drug-likeness (QED) is 0.298. The summed E-state index contributed by atoms with van der Waals surface area (Å²) in [6.07, 6.45) is 0.259. The van der Waals surface area contributed by atoms with Crippen molar-refractivity contribution in [1.82, 2.24) is 29.5 Å². The van der Waals surface area contributed by atoms with Gasteiger partial charge in [-0.25, -0.2) is 9.67 Å². The first-order valence-corrected chi connectivity index (χ1v) is 13.6. The fourth-order valence-corrected chi connectivity index (χ4v) is 5.30. The molecule has 2 aromatic heterocycles. The van der Waals surface area contributed by atoms with Crippen molar-refractivity contribution < 1.29 is 22.8 Å². The molecule has 0 aliphatic carbocycles. The predicted molar refractivity (Wildman–Crippen MR) is 147 cm³/mol. The van der Waals surface area contributed by atoms with E-state index in [1.165, 1.54) is 5.69 Å². The van der Waals surface area contributed by atoms with Crippen molar-refractivity contribution >= 4 is 11.8 Å². The molecule has 1 aliphatic heterocycles. The number of benzene rings is 2. The van der Waals surface area contributed by atoms with E-state index in [0.717, 1.165) is 35.0 Å². The number of hydrogen-bond donors (Lipinski definition) is 1. The lowest BCUT2D eigenvalue weighted by Gasteiger charge is -2.32. The summed E-state index contributed by atoms with van der Waals surface area (Å²) >= 11 is 0. The number of amides is 2. The zero-order valence-electron chi connectivity index (χ0n) is 22.6. The maximum absolute atomic E-state index is 13.6. The molecule has 8 nitrogen and oxygen atoms in total. The third kappa shape index (κ3) is 6.34. The summed E-state index contributed by atoms with van der Waals surface area (Å²) in [5.41, 5.74) is 1.81. The molecule has 4 aromatic rings. The minimum atomic E-state index is -4.79. The van der Waals surface area contributed by atoms with Crippen molar-refractivity contribution in [2.24, 2.45) is 7.05 Å². The van der Waals surface area contributed by atoms with E-state index in [2.05, 4.69) is 20.0 Å². The molecule has 11 heteroatoms. The highest BCUT2D eigenvalue weighted by molar-refractivity contribution is 5.95. The number of hydrogen-bond acceptors (Lipinski definition) is 4. The highest BCUT2D eigenvalue weighted by Crippen LogP contribution is 2.35. The Morgan fingerprint density at radius 3 is 2.32 bits per heavy atom. The molecule has 2 amide bonds. The average Bonchev–Trinajstić information content (AvgIpc) is 3.61. The number of carbonyl (C=O) groups is 2. The van der Waals surface area contributed by atoms with Gasteiger partial charge >= 0.3 is 6.18 Å². The number of carbonyl (C=O) groups excluding carboxylic acids is 2. The second-order valence-electron chi connectivity index (χ2n) is 10.1. The lowest BCUT2D eigenvalue weighted by atomic mass is 9.90. The predicted octanol–water partition coefficient (Wildman–Crippen LogP) is 5.21. The fraction of sp³-hybridized carbons (Fsp3) is 0.333. The van der Waals surface area contributed by atoms with Crippen molar-refractivity contribution in [3.63, 3.8) is 0 Å². The van der Waals surface area contributed by atoms with Gasteiger partial charge in [-0.1, -0.05) is 48.5 Å². The summed E-state index contributed by atoms with van der Waals surface area (Å²) in [4.78, 5) is 31.9. The first-order chi connectivity index (χ1) is 19.7. The van der Waals surface area contributed by atoms with E-state index in [9.17, 15) is 22.8 Å². The summed E-state index contributed by atoms with van der Waals surface area (Å²) in [5.74, 6) is -0.627. The summed E-state index contributed by atoms with van der Waals surface area (Å²) in [5, 5.41) is 6.12. The summed E-state index contributed by atoms with van der Waals surface area (Å²) in [6.45, 7) is 1.30. The highest BCUT2D eigenvalue weighted by atomic mass is 19.4. The highest BCUT2D eigenvalue weighted by Gasteiger charge is 2.39. The minimum absolute atomic E-state index is 0.0288. The van der Waals surface area contributed by atoms with Crippen LogP contribution in [-0.4, -0.2) is 55.7 Å². The maximum Gasteiger partial charge on any atom is 0.435 e. The van der Waals surface area contributed by atoms with Crippen LogP contribution in [0.5, 0.6) is 0 Å². The van der Waals surface area contributed by atoms with Crippen LogP contribution in [0.25, 0.3) is 16.9 Å². The van der Waals surface area contributed by atoms with Gasteiger partial charge in [-0.2, -0.15) is 18.3 Å². The van der Waals surface area contributed by atoms with Crippen LogP contribution in [0.1, 0.15) is 53.3 Å². The first-order valence-electron chi connectivity index (χ1n) is 13.6. The largest absolute Gasteiger partial charge is 0.435 e. The van der Waals surface area contributed by atoms with Crippen molar-refractivity contribution in [2.45, 2.75) is 37.8 Å². The topological polar surface area (TPSA) is 85.0 Å². The molecule has 0 atom stereocenters. The van der Waals surface area contributed by atoms with Crippen LogP contribution in [0.4, 0.5) is 13.2 Å². The van der Waals surface area contributed by atoms with Crippen LogP contribution in [0, 0.1) is 0 Å². The Morgan fingerprint density at radius 1 is 1.00 bits per heavy atom. The van der Waals surface area contributed by atoms with Crippen LogP contribution in [0.3, 0.4) is 0 Å². The van der Waals surface area contributed by atoms with Crippen LogP contribution >= 0.6 is 0 Å². The van der Waals surface area contributed by atoms with Gasteiger partial charge in [0.2, 0.25) is 5.91 Å². The molecule has 1 N–H and O–H groups in total. The summed E-state index contributed by atoms with van der Waals surface area (Å²) in [7, 11) is 1.99. The van der Waals surface area contributed by atoms with E-state index in [-0.39, 0.29) is 24.8 Å². The van der Waals surface area contributed by atoms with Gasteiger partial charge in [-0.3, -0.25) is 9.59 Å². The SMILES string of the molecule is Cn1cnc(-c2ccccc2)c1C1CCN(C(=O)CCCNC(=O)c2cn(-c3ccccc3)nc2C(F)(F)F)CC1. The van der Waals surface area contributed by atoms with Crippen LogP contribution < -0.4 is 5.32 Å². The van der Waals surface area contributed by atoms with Gasteiger partial charge < -0.3 is 14.8 Å². The number of likely N-dealkylation sites (tertiary alicyclic amines) is 1. The lowest BCUT2D eigenvalue weighted by molar-refractivity contribution is -0.141. The Labute approximate surface area is 235 Å². The van der Waals surface area contributed by atoms with Crippen molar-refractivity contribution in [2.75, 3.05) is 19.6 Å². The van der Waals surface area contributed by atoms with E-state index in [1.54, 1.807) is 30.3 Å². The second-order valence-corrected chi connectivity index (χ2v) is 10.1. The van der Waals surface area contributed by atoms with Crippen molar-refractivity contribution in [1.29, 1.82) is 0 Å². The molecule has 1 fully saturated rings. The first kappa shape index (κ1) is 28.1. The number of aryl methyl sites for hydroxylation is 1. The summed E-state index contributed by atoms with van der Waals surface area (Å²) in [6, 6.07) is 18.3. The Balaban J connectivity index is 1.12. The van der Waals surface area contributed by atoms with Crippen LogP contribution in [0.2, 0.25) is 0 Å². The molecule has 0 bridgehead atoms. The van der Waals surface area contributed by atoms with Crippen LogP contribution in [0.15, 0.2) is 73.2 Å². The number of alkyl halides is 3. The average molecular weight is 565 g/mol. The van der Waals surface area contributed by atoms with E-state index < -0.39 is 23.3 Å². The molecule has 0 radical (unpaired) electrons. The molecule has 0 spiro atoms. The third-order valence-corrected chi connectivity index (χ3v) is 7.37. The Morgan fingerprint density at radius 2 is 1.66 bits per heavy atom. The maximum atomic E-state index is 13.6. The van der Waals surface area contributed by atoms with Gasteiger partial charge in [-0.05, 0) is 31.4 Å². The zero-order chi connectivity index (χ0) is 29.0. The molecular weight excluding hydrogens is 533 g/mol. The molecule has 3 heterocycles. The third-order valence-electron chi connectivity index (χ3n) is 7.37. The van der Waals surface area contributed by atoms with Gasteiger partial charge in [0, 0.05) is 56.5 Å². The Bertz CT molecular complexity index is 1490. The molecule has 1 aliphatic rings. The minimum Gasteiger partial charge on any atom is -0.352 e. The number of rotatable bonds is 8. The number of nitrogens with zero attached hydrogens (tertiary/aromatic N) is 5. The van der Waals surface area contributed by atoms with E-state index >= 15 is 0 Å². The molecule has 214 valence electrons. The zero-order valence-corrected chi connectivity index (χ0v) is 22.6. The van der Waals surface area contributed by atoms with E-state index in [0.29, 0.717) is 25.2 Å². The Kier molecular flexibility index (Phi) is 8.23. The monoisotopic (exact) mass is 564 g/mol. The van der Waals surface area contributed by atoms with Gasteiger partial charge in [0.05, 0.1) is 23.3 Å². The standard InChI is InChI=1S/C30H31F3N6O2/c1-37-20-35-26(21-9-4-2-5-10-21)27(37)22-14-17-38(18-15-22)25(40)13-8-16-34-29(41)24-19-39(23-11-6-3-7-12-23)36-28(24)30(31,32)33/h2-7,9-12,19-20,22H,8,13-18H2,1H3,(H,34,41). The number of imidazole rings is 1. The fourth-order valence-electron chi connectivity index (χ4n) is 5.30. The van der Waals surface area contributed by atoms with Crippen molar-refractivity contribution in [3.8, 4) is 16.9 Å².